The maximum atomic E-state index is 13.1. The van der Waals surface area contributed by atoms with Crippen molar-refractivity contribution in [1.82, 2.24) is 0 Å². The van der Waals surface area contributed by atoms with Crippen molar-refractivity contribution >= 4 is 17.5 Å². The van der Waals surface area contributed by atoms with Crippen LogP contribution in [-0.2, 0) is 9.59 Å². The molecule has 1 atom stereocenters. The van der Waals surface area contributed by atoms with Gasteiger partial charge in [0.05, 0.1) is 18.7 Å². The van der Waals surface area contributed by atoms with Crippen molar-refractivity contribution in [3.8, 4) is 0 Å². The molecule has 5 heteroatoms. The van der Waals surface area contributed by atoms with Crippen molar-refractivity contribution in [1.29, 1.82) is 0 Å². The number of amides is 2. The highest BCUT2D eigenvalue weighted by Crippen LogP contribution is 2.61. The first kappa shape index (κ1) is 17.4. The minimum Gasteiger partial charge on any atom is -0.336 e. The molecule has 5 aliphatic rings. The molecular formula is C22H28FN2O2+. The molecule has 6 rings (SSSR count). The number of carbonyl (C=O) groups is 2. The number of quaternary nitrogens is 1. The van der Waals surface area contributed by atoms with E-state index in [2.05, 4.69) is 5.32 Å². The summed E-state index contributed by atoms with van der Waals surface area (Å²) in [5, 5.41) is 2.09. The minimum atomic E-state index is -0.364. The Kier molecular flexibility index (Phi) is 4.12. The molecule has 4 aliphatic carbocycles. The summed E-state index contributed by atoms with van der Waals surface area (Å²) < 4.78 is 13.1. The van der Waals surface area contributed by atoms with E-state index in [9.17, 15) is 14.0 Å². The summed E-state index contributed by atoms with van der Waals surface area (Å²) in [4.78, 5) is 26.3. The summed E-state index contributed by atoms with van der Waals surface area (Å²) in [5.41, 5.74) is 0.983. The molecule has 1 aromatic carbocycles. The molecule has 1 saturated heterocycles. The van der Waals surface area contributed by atoms with Gasteiger partial charge in [-0.25, -0.2) is 9.29 Å². The van der Waals surface area contributed by atoms with E-state index in [-0.39, 0.29) is 30.1 Å². The largest absolute Gasteiger partial charge is 0.336 e. The summed E-state index contributed by atoms with van der Waals surface area (Å²) >= 11 is 0. The Morgan fingerprint density at radius 2 is 1.59 bits per heavy atom. The van der Waals surface area contributed by atoms with Gasteiger partial charge in [-0.3, -0.25) is 9.59 Å². The molecular weight excluding hydrogens is 343 g/mol. The molecule has 27 heavy (non-hydrogen) atoms. The molecule has 5 fully saturated rings. The van der Waals surface area contributed by atoms with Crippen molar-refractivity contribution in [2.45, 2.75) is 57.4 Å². The lowest BCUT2D eigenvalue weighted by Gasteiger charge is -2.56. The first-order chi connectivity index (χ1) is 13.0. The SMILES string of the molecule is O=C1C[C@@H]([NH2+]CCC23CC4CC(CC(C4)C2)C3)C(=O)N1c1ccc(F)cc1. The van der Waals surface area contributed by atoms with Crippen molar-refractivity contribution < 1.29 is 19.3 Å². The van der Waals surface area contributed by atoms with E-state index in [1.165, 1.54) is 74.1 Å². The fraction of sp³-hybridized carbons (Fsp3) is 0.636. The van der Waals surface area contributed by atoms with Gasteiger partial charge in [-0.2, -0.15) is 0 Å². The van der Waals surface area contributed by atoms with Gasteiger partial charge in [0.15, 0.2) is 6.04 Å². The molecule has 1 aliphatic heterocycles. The molecule has 4 bridgehead atoms. The molecule has 0 spiro atoms. The Labute approximate surface area is 159 Å². The van der Waals surface area contributed by atoms with Crippen LogP contribution in [-0.4, -0.2) is 24.4 Å². The summed E-state index contributed by atoms with van der Waals surface area (Å²) in [5.74, 6) is 2.14. The van der Waals surface area contributed by atoms with Gasteiger partial charge in [-0.1, -0.05) is 0 Å². The third-order valence-corrected chi connectivity index (χ3v) is 7.56. The predicted octanol–water partition coefficient (Wildman–Crippen LogP) is 2.63. The maximum Gasteiger partial charge on any atom is 0.292 e. The number of imide groups is 1. The van der Waals surface area contributed by atoms with Crippen LogP contribution >= 0.6 is 0 Å². The summed E-state index contributed by atoms with van der Waals surface area (Å²) in [6.07, 6.45) is 9.91. The van der Waals surface area contributed by atoms with E-state index >= 15 is 0 Å². The van der Waals surface area contributed by atoms with E-state index in [0.29, 0.717) is 11.1 Å². The highest BCUT2D eigenvalue weighted by atomic mass is 19.1. The van der Waals surface area contributed by atoms with Gasteiger partial charge in [0.25, 0.3) is 5.91 Å². The van der Waals surface area contributed by atoms with Gasteiger partial charge in [0, 0.05) is 6.42 Å². The molecule has 0 aromatic heterocycles. The highest BCUT2D eigenvalue weighted by Gasteiger charge is 2.51. The zero-order valence-corrected chi connectivity index (χ0v) is 15.7. The maximum absolute atomic E-state index is 13.1. The van der Waals surface area contributed by atoms with Crippen LogP contribution in [0.3, 0.4) is 0 Å². The fourth-order valence-electron chi connectivity index (χ4n) is 6.89. The lowest BCUT2D eigenvalue weighted by molar-refractivity contribution is -0.676. The average Bonchev–Trinajstić information content (AvgIpc) is 2.88. The second kappa shape index (κ2) is 6.40. The number of carbonyl (C=O) groups excluding carboxylic acids is 2. The Morgan fingerprint density at radius 1 is 1.00 bits per heavy atom. The third kappa shape index (κ3) is 3.10. The van der Waals surface area contributed by atoms with Crippen LogP contribution in [0.25, 0.3) is 0 Å². The molecule has 1 heterocycles. The normalized spacial score (nSPS) is 37.4. The van der Waals surface area contributed by atoms with Crippen LogP contribution in [0.1, 0.15) is 51.4 Å². The van der Waals surface area contributed by atoms with Gasteiger partial charge in [-0.15, -0.1) is 0 Å². The smallest absolute Gasteiger partial charge is 0.292 e. The lowest BCUT2D eigenvalue weighted by atomic mass is 9.49. The lowest BCUT2D eigenvalue weighted by Crippen LogP contribution is -2.92. The third-order valence-electron chi connectivity index (χ3n) is 7.56. The van der Waals surface area contributed by atoms with Crippen LogP contribution in [0.5, 0.6) is 0 Å². The number of benzene rings is 1. The van der Waals surface area contributed by atoms with E-state index < -0.39 is 0 Å². The molecule has 2 amide bonds. The first-order valence-corrected chi connectivity index (χ1v) is 10.5. The van der Waals surface area contributed by atoms with E-state index in [1.807, 2.05) is 0 Å². The zero-order valence-electron chi connectivity index (χ0n) is 15.7. The van der Waals surface area contributed by atoms with Gasteiger partial charge in [-0.05, 0) is 86.0 Å². The van der Waals surface area contributed by atoms with Gasteiger partial charge in [0.1, 0.15) is 5.82 Å². The molecule has 144 valence electrons. The fourth-order valence-corrected chi connectivity index (χ4v) is 6.89. The van der Waals surface area contributed by atoms with Crippen LogP contribution in [0.2, 0.25) is 0 Å². The quantitative estimate of drug-likeness (QED) is 0.809. The van der Waals surface area contributed by atoms with Crippen molar-refractivity contribution in [2.24, 2.45) is 23.2 Å². The summed E-state index contributed by atoms with van der Waals surface area (Å²) in [6.45, 7) is 0.924. The monoisotopic (exact) mass is 371 g/mol. The Morgan fingerprint density at radius 3 is 2.19 bits per heavy atom. The number of hydrogen-bond acceptors (Lipinski definition) is 2. The van der Waals surface area contributed by atoms with Gasteiger partial charge >= 0.3 is 0 Å². The number of nitrogens with two attached hydrogens (primary N) is 1. The average molecular weight is 371 g/mol. The number of anilines is 1. The predicted molar refractivity (Wildman–Crippen MR) is 99.3 cm³/mol. The van der Waals surface area contributed by atoms with E-state index in [4.69, 9.17) is 0 Å². The molecule has 4 nitrogen and oxygen atoms in total. The standard InChI is InChI=1S/C22H27FN2O2/c23-17-1-3-18(4-2-17)25-20(26)10-19(21(25)27)24-6-5-22-11-14-7-15(12-22)9-16(8-14)13-22/h1-4,14-16,19,24H,5-13H2/p+1/t14?,15?,16?,19-,22?/m1/s1. The molecule has 0 unspecified atom stereocenters. The number of nitrogens with zero attached hydrogens (tertiary/aromatic N) is 1. The molecule has 4 saturated carbocycles. The van der Waals surface area contributed by atoms with Crippen LogP contribution in [0, 0.1) is 29.0 Å². The number of halogens is 1. The Balaban J connectivity index is 1.20. The molecule has 2 N–H and O–H groups in total. The van der Waals surface area contributed by atoms with Crippen molar-refractivity contribution in [2.75, 3.05) is 11.4 Å². The second-order valence-corrected chi connectivity index (χ2v) is 9.55. The minimum absolute atomic E-state index is 0.155. The molecule has 1 aromatic rings. The van der Waals surface area contributed by atoms with Gasteiger partial charge < -0.3 is 5.32 Å². The van der Waals surface area contributed by atoms with Crippen LogP contribution < -0.4 is 10.2 Å². The summed E-state index contributed by atoms with van der Waals surface area (Å²) in [6, 6.07) is 5.27. The van der Waals surface area contributed by atoms with E-state index in [0.717, 1.165) is 24.3 Å². The Hall–Kier alpha value is -1.75. The van der Waals surface area contributed by atoms with Crippen LogP contribution in [0.15, 0.2) is 24.3 Å². The van der Waals surface area contributed by atoms with Crippen molar-refractivity contribution in [3.63, 3.8) is 0 Å². The number of rotatable bonds is 5. The van der Waals surface area contributed by atoms with E-state index in [1.54, 1.807) is 0 Å². The first-order valence-electron chi connectivity index (χ1n) is 10.5. The Bertz CT molecular complexity index is 725. The van der Waals surface area contributed by atoms with Gasteiger partial charge in [0.2, 0.25) is 5.91 Å². The second-order valence-electron chi connectivity index (χ2n) is 9.55. The molecule has 0 radical (unpaired) electrons. The topological polar surface area (TPSA) is 54.0 Å². The highest BCUT2D eigenvalue weighted by molar-refractivity contribution is 6.21. The van der Waals surface area contributed by atoms with Crippen molar-refractivity contribution in [3.05, 3.63) is 30.1 Å². The zero-order chi connectivity index (χ0) is 18.6. The summed E-state index contributed by atoms with van der Waals surface area (Å²) in [7, 11) is 0. The van der Waals surface area contributed by atoms with Crippen LogP contribution in [0.4, 0.5) is 10.1 Å². The number of hydrogen-bond donors (Lipinski definition) is 1.